The Labute approximate surface area is 124 Å². The second-order valence-corrected chi connectivity index (χ2v) is 5.10. The van der Waals surface area contributed by atoms with E-state index in [1.54, 1.807) is 24.3 Å². The van der Waals surface area contributed by atoms with E-state index in [1.165, 1.54) is 0 Å². The Hall–Kier alpha value is -2.33. The molecule has 0 heterocycles. The van der Waals surface area contributed by atoms with Crippen LogP contribution >= 0.6 is 0 Å². The maximum absolute atomic E-state index is 10.8. The summed E-state index contributed by atoms with van der Waals surface area (Å²) < 4.78 is 5.77. The zero-order valence-electron chi connectivity index (χ0n) is 12.2. The first-order valence-corrected chi connectivity index (χ1v) is 6.78. The maximum atomic E-state index is 10.8. The van der Waals surface area contributed by atoms with Crippen molar-refractivity contribution in [3.63, 3.8) is 0 Å². The van der Waals surface area contributed by atoms with Crippen LogP contribution in [-0.2, 0) is 6.61 Å². The molecule has 2 aromatic carbocycles. The van der Waals surface area contributed by atoms with E-state index in [0.29, 0.717) is 6.61 Å². The molecule has 2 rings (SSSR count). The van der Waals surface area contributed by atoms with Crippen LogP contribution in [0, 0.1) is 6.92 Å². The quantitative estimate of drug-likeness (QED) is 0.884. The molecule has 2 aromatic rings. The van der Waals surface area contributed by atoms with Crippen LogP contribution in [-0.4, -0.2) is 11.1 Å². The fourth-order valence-electron chi connectivity index (χ4n) is 2.02. The number of rotatable bonds is 5. The third kappa shape index (κ3) is 3.83. The largest absolute Gasteiger partial charge is 0.489 e. The van der Waals surface area contributed by atoms with E-state index in [-0.39, 0.29) is 11.6 Å². The van der Waals surface area contributed by atoms with Gasteiger partial charge in [0, 0.05) is 6.04 Å². The van der Waals surface area contributed by atoms with Crippen LogP contribution in [0.25, 0.3) is 0 Å². The van der Waals surface area contributed by atoms with Gasteiger partial charge in [-0.2, -0.15) is 0 Å². The highest BCUT2D eigenvalue weighted by Crippen LogP contribution is 2.22. The fourth-order valence-corrected chi connectivity index (χ4v) is 2.02. The van der Waals surface area contributed by atoms with E-state index in [0.717, 1.165) is 22.4 Å². The first-order chi connectivity index (χ1) is 9.97. The number of benzene rings is 2. The molecule has 0 fully saturated rings. The van der Waals surface area contributed by atoms with Gasteiger partial charge in [0.1, 0.15) is 12.4 Å². The van der Waals surface area contributed by atoms with E-state index in [4.69, 9.17) is 15.6 Å². The molecule has 0 aliphatic heterocycles. The van der Waals surface area contributed by atoms with Crippen LogP contribution in [0.15, 0.2) is 42.5 Å². The van der Waals surface area contributed by atoms with Crippen molar-refractivity contribution in [2.45, 2.75) is 26.5 Å². The predicted molar refractivity (Wildman–Crippen MR) is 81.5 cm³/mol. The number of carbonyl (C=O) groups is 1. The topological polar surface area (TPSA) is 72.5 Å². The number of hydrogen-bond donors (Lipinski definition) is 2. The molecule has 3 N–H and O–H groups in total. The van der Waals surface area contributed by atoms with Gasteiger partial charge in [0.2, 0.25) is 0 Å². The Morgan fingerprint density at radius 1 is 1.24 bits per heavy atom. The normalized spacial score (nSPS) is 12.0. The summed E-state index contributed by atoms with van der Waals surface area (Å²) in [7, 11) is 0. The highest BCUT2D eigenvalue weighted by Gasteiger charge is 2.06. The van der Waals surface area contributed by atoms with Gasteiger partial charge in [0.05, 0.1) is 5.56 Å². The van der Waals surface area contributed by atoms with Crippen molar-refractivity contribution in [1.29, 1.82) is 0 Å². The summed E-state index contributed by atoms with van der Waals surface area (Å²) in [6.45, 7) is 4.33. The van der Waals surface area contributed by atoms with Crippen LogP contribution < -0.4 is 10.5 Å². The zero-order valence-corrected chi connectivity index (χ0v) is 12.2. The molecule has 0 saturated heterocycles. The average molecular weight is 285 g/mol. The summed E-state index contributed by atoms with van der Waals surface area (Å²) in [5.41, 5.74) is 9.16. The molecule has 0 aliphatic carbocycles. The van der Waals surface area contributed by atoms with E-state index < -0.39 is 5.97 Å². The summed E-state index contributed by atoms with van der Waals surface area (Å²) in [5, 5.41) is 8.85. The molecule has 0 aromatic heterocycles. The third-order valence-electron chi connectivity index (χ3n) is 3.32. The van der Waals surface area contributed by atoms with Gasteiger partial charge >= 0.3 is 5.97 Å². The summed E-state index contributed by atoms with van der Waals surface area (Å²) in [5.74, 6) is -0.119. The van der Waals surface area contributed by atoms with E-state index in [2.05, 4.69) is 0 Å². The predicted octanol–water partition coefficient (Wildman–Crippen LogP) is 3.29. The number of aryl methyl sites for hydroxylation is 1. The highest BCUT2D eigenvalue weighted by molar-refractivity contribution is 5.87. The van der Waals surface area contributed by atoms with E-state index in [1.807, 2.05) is 32.0 Å². The van der Waals surface area contributed by atoms with Crippen LogP contribution in [0.2, 0.25) is 0 Å². The summed E-state index contributed by atoms with van der Waals surface area (Å²) in [4.78, 5) is 10.8. The Bertz CT molecular complexity index is 633. The molecule has 1 atom stereocenters. The first kappa shape index (κ1) is 15.1. The standard InChI is InChI=1S/C17H19NO3/c1-11-9-15(12(2)18)7-8-16(11)21-10-13-3-5-14(6-4-13)17(19)20/h3-9,12H,10,18H2,1-2H3,(H,19,20)/t12-/m1/s1. The van der Waals surface area contributed by atoms with E-state index in [9.17, 15) is 4.79 Å². The Morgan fingerprint density at radius 2 is 1.90 bits per heavy atom. The van der Waals surface area contributed by atoms with Crippen molar-refractivity contribution in [2.24, 2.45) is 5.73 Å². The van der Waals surface area contributed by atoms with Gasteiger partial charge in [0.25, 0.3) is 0 Å². The average Bonchev–Trinajstić information content (AvgIpc) is 2.46. The molecule has 0 bridgehead atoms. The molecule has 0 spiro atoms. The number of nitrogens with two attached hydrogens (primary N) is 1. The lowest BCUT2D eigenvalue weighted by atomic mass is 10.1. The van der Waals surface area contributed by atoms with Gasteiger partial charge in [0.15, 0.2) is 0 Å². The van der Waals surface area contributed by atoms with Gasteiger partial charge in [-0.05, 0) is 48.7 Å². The Morgan fingerprint density at radius 3 is 2.43 bits per heavy atom. The van der Waals surface area contributed by atoms with Crippen molar-refractivity contribution in [3.05, 3.63) is 64.7 Å². The molecule has 21 heavy (non-hydrogen) atoms. The van der Waals surface area contributed by atoms with Crippen molar-refractivity contribution in [2.75, 3.05) is 0 Å². The number of aromatic carboxylic acids is 1. The SMILES string of the molecule is Cc1cc([C@@H](C)N)ccc1OCc1ccc(C(=O)O)cc1. The summed E-state index contributed by atoms with van der Waals surface area (Å²) >= 11 is 0. The third-order valence-corrected chi connectivity index (χ3v) is 3.32. The number of hydrogen-bond acceptors (Lipinski definition) is 3. The molecule has 4 nitrogen and oxygen atoms in total. The van der Waals surface area contributed by atoms with Crippen molar-refractivity contribution >= 4 is 5.97 Å². The summed E-state index contributed by atoms with van der Waals surface area (Å²) in [6.07, 6.45) is 0. The van der Waals surface area contributed by atoms with Crippen molar-refractivity contribution in [3.8, 4) is 5.75 Å². The lowest BCUT2D eigenvalue weighted by molar-refractivity contribution is 0.0697. The minimum atomic E-state index is -0.926. The molecule has 0 radical (unpaired) electrons. The minimum absolute atomic E-state index is 0.00122. The maximum Gasteiger partial charge on any atom is 0.335 e. The summed E-state index contributed by atoms with van der Waals surface area (Å²) in [6, 6.07) is 12.6. The smallest absolute Gasteiger partial charge is 0.335 e. The van der Waals surface area contributed by atoms with Crippen molar-refractivity contribution < 1.29 is 14.6 Å². The van der Waals surface area contributed by atoms with Gasteiger partial charge in [-0.1, -0.05) is 24.3 Å². The second-order valence-electron chi connectivity index (χ2n) is 5.10. The number of carboxylic acid groups (broad SMARTS) is 1. The fraction of sp³-hybridized carbons (Fsp3) is 0.235. The molecular weight excluding hydrogens is 266 g/mol. The van der Waals surface area contributed by atoms with Gasteiger partial charge < -0.3 is 15.6 Å². The number of ether oxygens (including phenoxy) is 1. The van der Waals surface area contributed by atoms with Crippen LogP contribution in [0.4, 0.5) is 0 Å². The van der Waals surface area contributed by atoms with Crippen LogP contribution in [0.1, 0.15) is 40.0 Å². The Kier molecular flexibility index (Phi) is 4.60. The van der Waals surface area contributed by atoms with E-state index >= 15 is 0 Å². The second kappa shape index (κ2) is 6.41. The number of carboxylic acids is 1. The monoisotopic (exact) mass is 285 g/mol. The lowest BCUT2D eigenvalue weighted by Gasteiger charge is -2.12. The van der Waals surface area contributed by atoms with Crippen LogP contribution in [0.3, 0.4) is 0 Å². The van der Waals surface area contributed by atoms with Crippen molar-refractivity contribution in [1.82, 2.24) is 0 Å². The Balaban J connectivity index is 2.04. The molecule has 0 amide bonds. The molecular formula is C17H19NO3. The van der Waals surface area contributed by atoms with Gasteiger partial charge in [-0.25, -0.2) is 4.79 Å². The minimum Gasteiger partial charge on any atom is -0.489 e. The molecule has 0 aliphatic rings. The lowest BCUT2D eigenvalue weighted by Crippen LogP contribution is -2.05. The zero-order chi connectivity index (χ0) is 15.4. The molecule has 4 heteroatoms. The molecule has 0 saturated carbocycles. The van der Waals surface area contributed by atoms with Gasteiger partial charge in [-0.15, -0.1) is 0 Å². The highest BCUT2D eigenvalue weighted by atomic mass is 16.5. The van der Waals surface area contributed by atoms with Gasteiger partial charge in [-0.3, -0.25) is 0 Å². The first-order valence-electron chi connectivity index (χ1n) is 6.78. The molecule has 0 unspecified atom stereocenters. The van der Waals surface area contributed by atoms with Crippen LogP contribution in [0.5, 0.6) is 5.75 Å². The molecule has 110 valence electrons.